The molecular weight excluding hydrogens is 544 g/mol. The van der Waals surface area contributed by atoms with Gasteiger partial charge in [-0.05, 0) is 79.5 Å². The fourth-order valence-corrected chi connectivity index (χ4v) is 5.73. The summed E-state index contributed by atoms with van der Waals surface area (Å²) < 4.78 is 17.5. The summed E-state index contributed by atoms with van der Waals surface area (Å²) in [5.74, 6) is 0.596. The predicted octanol–water partition coefficient (Wildman–Crippen LogP) is 5.81. The van der Waals surface area contributed by atoms with E-state index in [1.807, 2.05) is 37.3 Å². The minimum Gasteiger partial charge on any atom is -0.488 e. The molecule has 2 aliphatic heterocycles. The molecule has 0 spiro atoms. The number of carboxylic acid groups (broad SMARTS) is 1. The van der Waals surface area contributed by atoms with Gasteiger partial charge in [-0.25, -0.2) is 9.78 Å². The van der Waals surface area contributed by atoms with Crippen LogP contribution in [0.4, 0.5) is 5.82 Å². The zero-order valence-electron chi connectivity index (χ0n) is 24.9. The zero-order chi connectivity index (χ0) is 30.2. The van der Waals surface area contributed by atoms with Gasteiger partial charge in [-0.15, -0.1) is 0 Å². The molecule has 1 fully saturated rings. The quantitative estimate of drug-likeness (QED) is 0.139. The largest absolute Gasteiger partial charge is 0.488 e. The molecule has 2 aromatic carbocycles. The molecule has 0 unspecified atom stereocenters. The molecule has 0 bridgehead atoms. The van der Waals surface area contributed by atoms with Crippen molar-refractivity contribution in [3.05, 3.63) is 88.3 Å². The smallest absolute Gasteiger partial charge is 0.342 e. The second-order valence-electron chi connectivity index (χ2n) is 11.0. The van der Waals surface area contributed by atoms with Crippen LogP contribution in [0.1, 0.15) is 42.0 Å². The first-order valence-corrected chi connectivity index (χ1v) is 14.9. The minimum atomic E-state index is -1.26. The Balaban J connectivity index is 1.30. The van der Waals surface area contributed by atoms with Gasteiger partial charge in [0.2, 0.25) is 5.88 Å². The van der Waals surface area contributed by atoms with Crippen molar-refractivity contribution in [3.63, 3.8) is 0 Å². The van der Waals surface area contributed by atoms with Crippen LogP contribution in [-0.2, 0) is 33.8 Å². The molecule has 43 heavy (non-hydrogen) atoms. The molecule has 3 heterocycles. The van der Waals surface area contributed by atoms with Gasteiger partial charge >= 0.3 is 5.97 Å². The van der Waals surface area contributed by atoms with Crippen molar-refractivity contribution in [1.29, 1.82) is 5.41 Å². The molecule has 2 aliphatic rings. The van der Waals surface area contributed by atoms with Crippen LogP contribution in [0, 0.1) is 18.3 Å². The Morgan fingerprint density at radius 2 is 1.98 bits per heavy atom. The number of para-hydroxylation sites is 1. The lowest BCUT2D eigenvalue weighted by Gasteiger charge is -2.33. The van der Waals surface area contributed by atoms with Crippen molar-refractivity contribution < 1.29 is 24.1 Å². The van der Waals surface area contributed by atoms with Gasteiger partial charge < -0.3 is 30.0 Å². The number of hydrogen-bond acceptors (Lipinski definition) is 8. The lowest BCUT2D eigenvalue weighted by atomic mass is 9.94. The Labute approximate surface area is 253 Å². The summed E-state index contributed by atoms with van der Waals surface area (Å²) in [6.07, 6.45) is 4.13. The number of carboxylic acids is 1. The Morgan fingerprint density at radius 3 is 2.74 bits per heavy atom. The molecule has 1 saturated heterocycles. The number of carbonyl (C=O) groups is 1. The van der Waals surface area contributed by atoms with E-state index in [4.69, 9.17) is 24.6 Å². The third-order valence-corrected chi connectivity index (χ3v) is 7.99. The van der Waals surface area contributed by atoms with Crippen LogP contribution in [0.2, 0.25) is 0 Å². The number of nitrogens with one attached hydrogen (secondary N) is 2. The average molecular weight is 585 g/mol. The number of nitrogens with zero attached hydrogens (tertiary/aromatic N) is 2. The second-order valence-corrected chi connectivity index (χ2v) is 11.0. The van der Waals surface area contributed by atoms with Gasteiger partial charge in [0.05, 0.1) is 12.3 Å². The number of anilines is 1. The number of fused-ring (bicyclic) bond motifs is 1. The number of aliphatic carboxylic acids is 1. The molecule has 0 saturated carbocycles. The fourth-order valence-electron chi connectivity index (χ4n) is 5.73. The van der Waals surface area contributed by atoms with E-state index in [-0.39, 0.29) is 18.1 Å². The third kappa shape index (κ3) is 7.60. The maximum atomic E-state index is 11.6. The van der Waals surface area contributed by atoms with Crippen molar-refractivity contribution in [3.8, 4) is 17.0 Å². The molecule has 9 nitrogen and oxygen atoms in total. The normalized spacial score (nSPS) is 16.1. The first-order chi connectivity index (χ1) is 20.9. The number of aromatic nitrogens is 1. The van der Waals surface area contributed by atoms with Crippen LogP contribution in [0.25, 0.3) is 11.3 Å². The van der Waals surface area contributed by atoms with Gasteiger partial charge in [0.25, 0.3) is 0 Å². The summed E-state index contributed by atoms with van der Waals surface area (Å²) in [5.41, 5.74) is 6.14. The van der Waals surface area contributed by atoms with E-state index < -0.39 is 5.97 Å². The molecule has 3 aromatic rings. The number of hydrogen-bond donors (Lipinski definition) is 3. The monoisotopic (exact) mass is 584 g/mol. The second kappa shape index (κ2) is 14.3. The van der Waals surface area contributed by atoms with Crippen molar-refractivity contribution in [2.24, 2.45) is 5.92 Å². The molecule has 5 rings (SSSR count). The number of benzene rings is 2. The molecular formula is C34H40N4O5. The van der Waals surface area contributed by atoms with E-state index in [1.165, 1.54) is 24.0 Å². The van der Waals surface area contributed by atoms with Crippen molar-refractivity contribution in [2.75, 3.05) is 38.2 Å². The van der Waals surface area contributed by atoms with Crippen molar-refractivity contribution >= 4 is 18.0 Å². The summed E-state index contributed by atoms with van der Waals surface area (Å²) in [6.45, 7) is 9.46. The summed E-state index contributed by atoms with van der Waals surface area (Å²) in [4.78, 5) is 18.9. The number of pyridine rings is 1. The lowest BCUT2D eigenvalue weighted by molar-refractivity contribution is -0.132. The van der Waals surface area contributed by atoms with Gasteiger partial charge in [0.1, 0.15) is 23.7 Å². The van der Waals surface area contributed by atoms with E-state index in [9.17, 15) is 9.90 Å². The first-order valence-electron chi connectivity index (χ1n) is 14.9. The number of ether oxygens (including phenoxy) is 3. The lowest BCUT2D eigenvalue weighted by Crippen LogP contribution is -2.36. The summed E-state index contributed by atoms with van der Waals surface area (Å²) in [7, 11) is 0. The fraction of sp³-hybridized carbons (Fsp3) is 0.382. The Kier molecular flexibility index (Phi) is 10.1. The zero-order valence-corrected chi connectivity index (χ0v) is 24.9. The Bertz CT molecular complexity index is 1480. The van der Waals surface area contributed by atoms with E-state index in [1.54, 1.807) is 13.0 Å². The van der Waals surface area contributed by atoms with E-state index >= 15 is 0 Å². The number of rotatable bonds is 12. The van der Waals surface area contributed by atoms with Gasteiger partial charge in [-0.2, -0.15) is 0 Å². The number of aryl methyl sites for hydroxylation is 1. The van der Waals surface area contributed by atoms with Crippen LogP contribution >= 0.6 is 0 Å². The van der Waals surface area contributed by atoms with Gasteiger partial charge in [-0.3, -0.25) is 4.90 Å². The topological polar surface area (TPSA) is 117 Å². The van der Waals surface area contributed by atoms with Crippen LogP contribution in [0.3, 0.4) is 0 Å². The van der Waals surface area contributed by atoms with E-state index in [2.05, 4.69) is 28.4 Å². The highest BCUT2D eigenvalue weighted by atomic mass is 16.5. The summed E-state index contributed by atoms with van der Waals surface area (Å²) >= 11 is 0. The van der Waals surface area contributed by atoms with Crippen LogP contribution in [0.5, 0.6) is 5.75 Å². The Hall–Kier alpha value is -4.21. The van der Waals surface area contributed by atoms with Gasteiger partial charge in [0, 0.05) is 44.6 Å². The molecule has 0 aliphatic carbocycles. The van der Waals surface area contributed by atoms with Gasteiger partial charge in [0.15, 0.2) is 0 Å². The molecule has 0 atom stereocenters. The van der Waals surface area contributed by atoms with E-state index in [0.717, 1.165) is 73.8 Å². The standard InChI is InChI=1S/C34H40N4O5/c1-3-42-33(29(19-35)34(39)40)37-31-9-5-8-30(36-31)28-7-4-6-23(2)32(28)43-22-25-10-11-27-21-38(15-12-26(27)18-25)20-24-13-16-41-17-14-24/h4-11,18-19,24,35H,3,12-17,20-22H2,1-2H3,(H,36,37)(H,39,40)/b33-29-,35-19?. The average Bonchev–Trinajstić information content (AvgIpc) is 3.01. The van der Waals surface area contributed by atoms with Crippen molar-refractivity contribution in [2.45, 2.75) is 46.3 Å². The van der Waals surface area contributed by atoms with Crippen LogP contribution in [0.15, 0.2) is 66.1 Å². The molecule has 9 heteroatoms. The maximum absolute atomic E-state index is 11.6. The molecule has 0 radical (unpaired) electrons. The van der Waals surface area contributed by atoms with Crippen LogP contribution < -0.4 is 10.1 Å². The minimum absolute atomic E-state index is 0.0329. The van der Waals surface area contributed by atoms with Gasteiger partial charge in [-0.1, -0.05) is 36.4 Å². The molecule has 1 aromatic heterocycles. The summed E-state index contributed by atoms with van der Waals surface area (Å²) in [6, 6.07) is 18.1. The Morgan fingerprint density at radius 1 is 1.16 bits per heavy atom. The van der Waals surface area contributed by atoms with E-state index in [0.29, 0.717) is 18.1 Å². The highest BCUT2D eigenvalue weighted by Gasteiger charge is 2.22. The maximum Gasteiger partial charge on any atom is 0.342 e. The molecule has 3 N–H and O–H groups in total. The van der Waals surface area contributed by atoms with Crippen LogP contribution in [-0.4, -0.2) is 60.1 Å². The van der Waals surface area contributed by atoms with Crippen molar-refractivity contribution in [1.82, 2.24) is 9.88 Å². The molecule has 0 amide bonds. The highest BCUT2D eigenvalue weighted by Crippen LogP contribution is 2.34. The SMILES string of the molecule is CCO/C(Nc1cccc(-c2cccc(C)c2OCc2ccc3c(c2)CCN(CC2CCOCC2)C3)n1)=C(/C=N)C(=O)O. The molecule has 226 valence electrons. The predicted molar refractivity (Wildman–Crippen MR) is 166 cm³/mol. The highest BCUT2D eigenvalue weighted by molar-refractivity contribution is 6.08. The first kappa shape index (κ1) is 30.3. The third-order valence-electron chi connectivity index (χ3n) is 7.99. The summed E-state index contributed by atoms with van der Waals surface area (Å²) in [5, 5.41) is 19.9.